The molecule has 0 aliphatic carbocycles. The van der Waals surface area contributed by atoms with E-state index in [0.717, 1.165) is 0 Å². The van der Waals surface area contributed by atoms with E-state index in [1.165, 1.54) is 12.1 Å². The average Bonchev–Trinajstić information content (AvgIpc) is 2.35. The van der Waals surface area contributed by atoms with E-state index in [2.05, 4.69) is 4.98 Å². The number of aliphatic hydroxyl groups excluding tert-OH is 2. The molecule has 90 valence electrons. The Morgan fingerprint density at radius 2 is 2.24 bits per heavy atom. The number of fused-ring (bicyclic) bond motifs is 1. The Kier molecular flexibility index (Phi) is 3.51. The Bertz CT molecular complexity index is 518. The van der Waals surface area contributed by atoms with Crippen LogP contribution in [0.3, 0.4) is 0 Å². The first-order valence-electron chi connectivity index (χ1n) is 5.16. The molecule has 1 unspecified atom stereocenters. The SMILES string of the molecule is OCC(O)COc1cc(F)cc2cccnc12. The minimum Gasteiger partial charge on any atom is -0.488 e. The van der Waals surface area contributed by atoms with Crippen LogP contribution >= 0.6 is 0 Å². The highest BCUT2D eigenvalue weighted by Gasteiger charge is 2.09. The van der Waals surface area contributed by atoms with Gasteiger partial charge in [0.05, 0.1) is 6.61 Å². The first kappa shape index (κ1) is 11.8. The summed E-state index contributed by atoms with van der Waals surface area (Å²) in [5.41, 5.74) is 0.527. The Labute approximate surface area is 97.3 Å². The van der Waals surface area contributed by atoms with Crippen LogP contribution < -0.4 is 4.74 Å². The number of aromatic nitrogens is 1. The summed E-state index contributed by atoms with van der Waals surface area (Å²) in [5, 5.41) is 18.5. The van der Waals surface area contributed by atoms with E-state index in [0.29, 0.717) is 10.9 Å². The van der Waals surface area contributed by atoms with E-state index >= 15 is 0 Å². The summed E-state index contributed by atoms with van der Waals surface area (Å²) in [7, 11) is 0. The lowest BCUT2D eigenvalue weighted by Gasteiger charge is -2.11. The lowest BCUT2D eigenvalue weighted by molar-refractivity contribution is 0.0539. The molecule has 2 aromatic rings. The number of rotatable bonds is 4. The molecule has 0 saturated carbocycles. The molecule has 2 rings (SSSR count). The molecular formula is C12H12FNO3. The third-order valence-corrected chi connectivity index (χ3v) is 2.28. The lowest BCUT2D eigenvalue weighted by atomic mass is 10.2. The number of hydrogen-bond acceptors (Lipinski definition) is 4. The summed E-state index contributed by atoms with van der Waals surface area (Å²) in [6.07, 6.45) is 0.590. The first-order chi connectivity index (χ1) is 8.20. The van der Waals surface area contributed by atoms with Gasteiger partial charge in [0.2, 0.25) is 0 Å². The summed E-state index contributed by atoms with van der Waals surface area (Å²) >= 11 is 0. The third kappa shape index (κ3) is 2.69. The minimum atomic E-state index is -0.989. The van der Waals surface area contributed by atoms with Gasteiger partial charge < -0.3 is 14.9 Å². The van der Waals surface area contributed by atoms with Gasteiger partial charge in [-0.3, -0.25) is 4.98 Å². The molecule has 1 aromatic heterocycles. The minimum absolute atomic E-state index is 0.106. The van der Waals surface area contributed by atoms with Crippen LogP contribution in [0.4, 0.5) is 4.39 Å². The van der Waals surface area contributed by atoms with Crippen LogP contribution in [0.2, 0.25) is 0 Å². The highest BCUT2D eigenvalue weighted by molar-refractivity contribution is 5.84. The molecule has 0 fully saturated rings. The van der Waals surface area contributed by atoms with Crippen LogP contribution in [-0.4, -0.2) is 34.5 Å². The van der Waals surface area contributed by atoms with Gasteiger partial charge in [-0.05, 0) is 12.1 Å². The molecule has 0 aliphatic rings. The van der Waals surface area contributed by atoms with Gasteiger partial charge in [-0.1, -0.05) is 6.07 Å². The smallest absolute Gasteiger partial charge is 0.148 e. The second kappa shape index (κ2) is 5.07. The molecule has 1 heterocycles. The van der Waals surface area contributed by atoms with E-state index in [1.807, 2.05) is 0 Å². The number of hydrogen-bond donors (Lipinski definition) is 2. The molecule has 0 bridgehead atoms. The average molecular weight is 237 g/mol. The molecule has 0 aliphatic heterocycles. The van der Waals surface area contributed by atoms with Crippen molar-refractivity contribution < 1.29 is 19.3 Å². The van der Waals surface area contributed by atoms with Crippen LogP contribution in [0.1, 0.15) is 0 Å². The van der Waals surface area contributed by atoms with Gasteiger partial charge in [0, 0.05) is 17.6 Å². The van der Waals surface area contributed by atoms with E-state index < -0.39 is 18.5 Å². The maximum atomic E-state index is 13.3. The van der Waals surface area contributed by atoms with E-state index in [-0.39, 0.29) is 12.4 Å². The van der Waals surface area contributed by atoms with E-state index in [4.69, 9.17) is 9.84 Å². The summed E-state index contributed by atoms with van der Waals surface area (Å²) in [6.45, 7) is -0.508. The van der Waals surface area contributed by atoms with Gasteiger partial charge >= 0.3 is 0 Å². The van der Waals surface area contributed by atoms with Gasteiger partial charge in [-0.25, -0.2) is 4.39 Å². The predicted octanol–water partition coefficient (Wildman–Crippen LogP) is 1.11. The van der Waals surface area contributed by atoms with Crippen molar-refractivity contribution in [2.75, 3.05) is 13.2 Å². The van der Waals surface area contributed by atoms with Crippen LogP contribution in [0, 0.1) is 5.82 Å². The van der Waals surface area contributed by atoms with Crippen LogP contribution in [0.25, 0.3) is 10.9 Å². The Morgan fingerprint density at radius 3 is 3.00 bits per heavy atom. The molecule has 17 heavy (non-hydrogen) atoms. The highest BCUT2D eigenvalue weighted by atomic mass is 19.1. The van der Waals surface area contributed by atoms with Crippen molar-refractivity contribution in [2.45, 2.75) is 6.10 Å². The van der Waals surface area contributed by atoms with Crippen molar-refractivity contribution in [3.8, 4) is 5.75 Å². The van der Waals surface area contributed by atoms with Gasteiger partial charge in [0.25, 0.3) is 0 Å². The van der Waals surface area contributed by atoms with E-state index in [1.54, 1.807) is 18.3 Å². The zero-order chi connectivity index (χ0) is 12.3. The molecule has 0 amide bonds. The third-order valence-electron chi connectivity index (χ3n) is 2.28. The molecule has 0 saturated heterocycles. The van der Waals surface area contributed by atoms with Crippen molar-refractivity contribution >= 4 is 10.9 Å². The second-order valence-electron chi connectivity index (χ2n) is 3.63. The van der Waals surface area contributed by atoms with Crippen LogP contribution in [0.5, 0.6) is 5.75 Å². The maximum absolute atomic E-state index is 13.3. The molecule has 0 spiro atoms. The monoisotopic (exact) mass is 237 g/mol. The van der Waals surface area contributed by atoms with Crippen molar-refractivity contribution in [1.82, 2.24) is 4.98 Å². The number of benzene rings is 1. The van der Waals surface area contributed by atoms with Crippen LogP contribution in [-0.2, 0) is 0 Å². The molecule has 1 aromatic carbocycles. The maximum Gasteiger partial charge on any atom is 0.148 e. The lowest BCUT2D eigenvalue weighted by Crippen LogP contribution is -2.21. The van der Waals surface area contributed by atoms with Gasteiger partial charge in [0.15, 0.2) is 0 Å². The van der Waals surface area contributed by atoms with Crippen molar-refractivity contribution in [3.63, 3.8) is 0 Å². The Morgan fingerprint density at radius 1 is 1.41 bits per heavy atom. The molecule has 2 N–H and O–H groups in total. The molecular weight excluding hydrogens is 225 g/mol. The molecule has 0 radical (unpaired) electrons. The zero-order valence-corrected chi connectivity index (χ0v) is 9.01. The predicted molar refractivity (Wildman–Crippen MR) is 60.3 cm³/mol. The molecule has 4 nitrogen and oxygen atoms in total. The van der Waals surface area contributed by atoms with Gasteiger partial charge in [-0.15, -0.1) is 0 Å². The summed E-state index contributed by atoms with van der Waals surface area (Å²) < 4.78 is 18.5. The summed E-state index contributed by atoms with van der Waals surface area (Å²) in [5.74, 6) is -0.174. The first-order valence-corrected chi connectivity index (χ1v) is 5.16. The second-order valence-corrected chi connectivity index (χ2v) is 3.63. The normalized spacial score (nSPS) is 12.6. The van der Waals surface area contributed by atoms with Gasteiger partial charge in [-0.2, -0.15) is 0 Å². The largest absolute Gasteiger partial charge is 0.488 e. The topological polar surface area (TPSA) is 62.6 Å². The number of nitrogens with zero attached hydrogens (tertiary/aromatic N) is 1. The quantitative estimate of drug-likeness (QED) is 0.836. The van der Waals surface area contributed by atoms with E-state index in [9.17, 15) is 9.50 Å². The fourth-order valence-electron chi connectivity index (χ4n) is 1.47. The standard InChI is InChI=1S/C12H12FNO3/c13-9-4-8-2-1-3-14-12(8)11(5-9)17-7-10(16)6-15/h1-5,10,15-16H,6-7H2. The Balaban J connectivity index is 2.32. The number of ether oxygens (including phenoxy) is 1. The molecule has 1 atom stereocenters. The van der Waals surface area contributed by atoms with Crippen molar-refractivity contribution in [2.24, 2.45) is 0 Å². The molecule has 5 heteroatoms. The summed E-state index contributed by atoms with van der Waals surface area (Å²) in [6, 6.07) is 5.99. The number of aliphatic hydroxyl groups is 2. The Hall–Kier alpha value is -1.72. The fraction of sp³-hybridized carbons (Fsp3) is 0.250. The van der Waals surface area contributed by atoms with Crippen molar-refractivity contribution in [3.05, 3.63) is 36.3 Å². The number of pyridine rings is 1. The number of halogens is 1. The van der Waals surface area contributed by atoms with Crippen molar-refractivity contribution in [1.29, 1.82) is 0 Å². The zero-order valence-electron chi connectivity index (χ0n) is 9.01. The fourth-order valence-corrected chi connectivity index (χ4v) is 1.47. The summed E-state index contributed by atoms with van der Waals surface area (Å²) in [4.78, 5) is 4.09. The van der Waals surface area contributed by atoms with Crippen LogP contribution in [0.15, 0.2) is 30.5 Å². The highest BCUT2D eigenvalue weighted by Crippen LogP contribution is 2.25. The van der Waals surface area contributed by atoms with Gasteiger partial charge in [0.1, 0.15) is 29.8 Å².